The standard InChI is InChI=1S/C23H28N4O3/c1-25(11-12-27-16-24-19-7-4-5-8-20(19)27)9-6-10-26-15-17-13-21(29-2)22(30-3)14-18(17)23(26)28/h4-5,7-8,13-14,16H,6,9-12,15H2,1-3H3. The average Bonchev–Trinajstić information content (AvgIpc) is 3.32. The summed E-state index contributed by atoms with van der Waals surface area (Å²) in [5, 5.41) is 0. The Bertz CT molecular complexity index is 1050. The maximum Gasteiger partial charge on any atom is 0.254 e. The molecule has 0 atom stereocenters. The van der Waals surface area contributed by atoms with Crippen LogP contribution in [0, 0.1) is 0 Å². The Hall–Kier alpha value is -3.06. The third-order valence-electron chi connectivity index (χ3n) is 5.71. The highest BCUT2D eigenvalue weighted by Crippen LogP contribution is 2.34. The number of fused-ring (bicyclic) bond motifs is 2. The van der Waals surface area contributed by atoms with Crippen LogP contribution in [0.1, 0.15) is 22.3 Å². The smallest absolute Gasteiger partial charge is 0.254 e. The van der Waals surface area contributed by atoms with Crippen molar-refractivity contribution in [1.29, 1.82) is 0 Å². The highest BCUT2D eigenvalue weighted by molar-refractivity contribution is 5.99. The summed E-state index contributed by atoms with van der Waals surface area (Å²) < 4.78 is 12.9. The van der Waals surface area contributed by atoms with Crippen molar-refractivity contribution in [2.75, 3.05) is 40.9 Å². The summed E-state index contributed by atoms with van der Waals surface area (Å²) >= 11 is 0. The number of methoxy groups -OCH3 is 2. The van der Waals surface area contributed by atoms with Crippen LogP contribution in [-0.2, 0) is 13.1 Å². The van der Waals surface area contributed by atoms with E-state index < -0.39 is 0 Å². The fourth-order valence-corrected chi connectivity index (χ4v) is 3.99. The summed E-state index contributed by atoms with van der Waals surface area (Å²) in [5.41, 5.74) is 3.91. The first kappa shape index (κ1) is 20.2. The number of rotatable bonds is 9. The number of nitrogens with zero attached hydrogens (tertiary/aromatic N) is 4. The molecule has 0 saturated carbocycles. The number of aromatic nitrogens is 2. The minimum atomic E-state index is 0.0680. The van der Waals surface area contributed by atoms with Gasteiger partial charge in [0, 0.05) is 31.7 Å². The molecule has 1 aliphatic heterocycles. The van der Waals surface area contributed by atoms with Crippen molar-refractivity contribution >= 4 is 16.9 Å². The van der Waals surface area contributed by atoms with Crippen molar-refractivity contribution < 1.29 is 14.3 Å². The number of carbonyl (C=O) groups is 1. The van der Waals surface area contributed by atoms with Crippen molar-refractivity contribution in [1.82, 2.24) is 19.4 Å². The second-order valence-electron chi connectivity index (χ2n) is 7.67. The van der Waals surface area contributed by atoms with Crippen LogP contribution < -0.4 is 9.47 Å². The number of hydrogen-bond acceptors (Lipinski definition) is 5. The van der Waals surface area contributed by atoms with E-state index in [-0.39, 0.29) is 5.91 Å². The SMILES string of the molecule is COc1cc2c(cc1OC)C(=O)N(CCCN(C)CCn1cnc3ccccc31)C2. The minimum Gasteiger partial charge on any atom is -0.493 e. The van der Waals surface area contributed by atoms with E-state index in [1.807, 2.05) is 35.5 Å². The number of imidazole rings is 1. The van der Waals surface area contributed by atoms with Crippen LogP contribution in [0.15, 0.2) is 42.7 Å². The molecule has 2 aromatic carbocycles. The molecule has 0 spiro atoms. The van der Waals surface area contributed by atoms with E-state index in [0.29, 0.717) is 23.6 Å². The topological polar surface area (TPSA) is 59.8 Å². The van der Waals surface area contributed by atoms with E-state index in [0.717, 1.165) is 49.2 Å². The Morgan fingerprint density at radius 2 is 1.83 bits per heavy atom. The van der Waals surface area contributed by atoms with Gasteiger partial charge in [0.2, 0.25) is 0 Å². The number of benzene rings is 2. The molecular weight excluding hydrogens is 380 g/mol. The van der Waals surface area contributed by atoms with E-state index in [1.165, 1.54) is 0 Å². The lowest BCUT2D eigenvalue weighted by molar-refractivity contribution is 0.0772. The van der Waals surface area contributed by atoms with Gasteiger partial charge in [0.05, 0.1) is 31.6 Å². The van der Waals surface area contributed by atoms with Crippen LogP contribution in [0.4, 0.5) is 0 Å². The molecule has 0 N–H and O–H groups in total. The summed E-state index contributed by atoms with van der Waals surface area (Å²) in [6.45, 7) is 4.11. The van der Waals surface area contributed by atoms with Crippen LogP contribution in [0.2, 0.25) is 0 Å². The van der Waals surface area contributed by atoms with Crippen LogP contribution in [-0.4, -0.2) is 66.2 Å². The van der Waals surface area contributed by atoms with Crippen molar-refractivity contribution in [3.05, 3.63) is 53.9 Å². The molecule has 0 fully saturated rings. The van der Waals surface area contributed by atoms with E-state index >= 15 is 0 Å². The van der Waals surface area contributed by atoms with Gasteiger partial charge in [-0.2, -0.15) is 0 Å². The van der Waals surface area contributed by atoms with Crippen LogP contribution >= 0.6 is 0 Å². The van der Waals surface area contributed by atoms with E-state index in [4.69, 9.17) is 9.47 Å². The highest BCUT2D eigenvalue weighted by Gasteiger charge is 2.29. The Balaban J connectivity index is 1.27. The molecule has 1 aromatic heterocycles. The van der Waals surface area contributed by atoms with Gasteiger partial charge in [-0.3, -0.25) is 4.79 Å². The van der Waals surface area contributed by atoms with Gasteiger partial charge in [0.1, 0.15) is 0 Å². The molecule has 0 unspecified atom stereocenters. The normalized spacial score (nSPS) is 13.3. The lowest BCUT2D eigenvalue weighted by Crippen LogP contribution is -2.30. The summed E-state index contributed by atoms with van der Waals surface area (Å²) in [6, 6.07) is 11.9. The summed E-state index contributed by atoms with van der Waals surface area (Å²) in [7, 11) is 5.32. The van der Waals surface area contributed by atoms with Crippen LogP contribution in [0.25, 0.3) is 11.0 Å². The van der Waals surface area contributed by atoms with Gasteiger partial charge in [-0.1, -0.05) is 12.1 Å². The number of carbonyl (C=O) groups excluding carboxylic acids is 1. The van der Waals surface area contributed by atoms with E-state index in [9.17, 15) is 4.79 Å². The monoisotopic (exact) mass is 408 g/mol. The molecule has 0 saturated heterocycles. The van der Waals surface area contributed by atoms with Gasteiger partial charge < -0.3 is 23.8 Å². The predicted molar refractivity (Wildman–Crippen MR) is 116 cm³/mol. The van der Waals surface area contributed by atoms with Crippen molar-refractivity contribution in [3.63, 3.8) is 0 Å². The minimum absolute atomic E-state index is 0.0680. The zero-order valence-electron chi connectivity index (χ0n) is 17.8. The maximum atomic E-state index is 12.8. The summed E-state index contributed by atoms with van der Waals surface area (Å²) in [4.78, 5) is 21.4. The molecule has 7 nitrogen and oxygen atoms in total. The van der Waals surface area contributed by atoms with Gasteiger partial charge in [0.25, 0.3) is 5.91 Å². The summed E-state index contributed by atoms with van der Waals surface area (Å²) in [6.07, 6.45) is 2.83. The van der Waals surface area contributed by atoms with Crippen molar-refractivity contribution in [2.24, 2.45) is 0 Å². The van der Waals surface area contributed by atoms with Gasteiger partial charge in [-0.15, -0.1) is 0 Å². The predicted octanol–water partition coefficient (Wildman–Crippen LogP) is 3.03. The second kappa shape index (κ2) is 8.75. The quantitative estimate of drug-likeness (QED) is 0.545. The van der Waals surface area contributed by atoms with Gasteiger partial charge in [-0.05, 0) is 49.8 Å². The lowest BCUT2D eigenvalue weighted by atomic mass is 10.1. The molecule has 0 bridgehead atoms. The molecule has 1 aliphatic rings. The number of ether oxygens (including phenoxy) is 2. The Morgan fingerprint density at radius 3 is 2.63 bits per heavy atom. The Labute approximate surface area is 176 Å². The van der Waals surface area contributed by atoms with Gasteiger partial charge in [0.15, 0.2) is 11.5 Å². The van der Waals surface area contributed by atoms with E-state index in [2.05, 4.69) is 27.6 Å². The first-order valence-electron chi connectivity index (χ1n) is 10.2. The molecule has 7 heteroatoms. The fourth-order valence-electron chi connectivity index (χ4n) is 3.99. The zero-order chi connectivity index (χ0) is 21.1. The van der Waals surface area contributed by atoms with Crippen LogP contribution in [0.3, 0.4) is 0 Å². The molecule has 2 heterocycles. The number of amides is 1. The molecule has 4 rings (SSSR count). The van der Waals surface area contributed by atoms with Crippen molar-refractivity contribution in [2.45, 2.75) is 19.5 Å². The molecule has 30 heavy (non-hydrogen) atoms. The molecule has 158 valence electrons. The first-order valence-corrected chi connectivity index (χ1v) is 10.2. The second-order valence-corrected chi connectivity index (χ2v) is 7.67. The number of likely N-dealkylation sites (N-methyl/N-ethyl adjacent to an activating group) is 1. The third-order valence-corrected chi connectivity index (χ3v) is 5.71. The van der Waals surface area contributed by atoms with Crippen LogP contribution in [0.5, 0.6) is 11.5 Å². The molecule has 0 radical (unpaired) electrons. The Kier molecular flexibility index (Phi) is 5.90. The van der Waals surface area contributed by atoms with Crippen molar-refractivity contribution in [3.8, 4) is 11.5 Å². The zero-order valence-corrected chi connectivity index (χ0v) is 17.8. The fraction of sp³-hybridized carbons (Fsp3) is 0.391. The maximum absolute atomic E-state index is 12.8. The summed E-state index contributed by atoms with van der Waals surface area (Å²) in [5.74, 6) is 1.33. The van der Waals surface area contributed by atoms with E-state index in [1.54, 1.807) is 20.3 Å². The number of para-hydroxylation sites is 2. The number of hydrogen-bond donors (Lipinski definition) is 0. The molecule has 0 aliphatic carbocycles. The average molecular weight is 409 g/mol. The van der Waals surface area contributed by atoms with Gasteiger partial charge in [-0.25, -0.2) is 4.98 Å². The lowest BCUT2D eigenvalue weighted by Gasteiger charge is -2.20. The highest BCUT2D eigenvalue weighted by atomic mass is 16.5. The largest absolute Gasteiger partial charge is 0.493 e. The molecule has 3 aromatic rings. The Morgan fingerprint density at radius 1 is 1.07 bits per heavy atom. The first-order chi connectivity index (χ1) is 14.6. The molecule has 1 amide bonds. The van der Waals surface area contributed by atoms with Gasteiger partial charge >= 0.3 is 0 Å². The third kappa shape index (κ3) is 3.98. The molecular formula is C23H28N4O3.